The van der Waals surface area contributed by atoms with Gasteiger partial charge in [0.25, 0.3) is 0 Å². The van der Waals surface area contributed by atoms with E-state index in [0.717, 1.165) is 5.56 Å². The van der Waals surface area contributed by atoms with Crippen molar-refractivity contribution in [1.29, 1.82) is 0 Å². The molecule has 0 atom stereocenters. The summed E-state index contributed by atoms with van der Waals surface area (Å²) < 4.78 is 5.18. The van der Waals surface area contributed by atoms with Crippen LogP contribution in [0.5, 0.6) is 5.75 Å². The third-order valence-electron chi connectivity index (χ3n) is 2.54. The summed E-state index contributed by atoms with van der Waals surface area (Å²) in [4.78, 5) is 11.6. The van der Waals surface area contributed by atoms with Crippen LogP contribution >= 0.6 is 0 Å². The van der Waals surface area contributed by atoms with Gasteiger partial charge in [-0.3, -0.25) is 4.79 Å². The van der Waals surface area contributed by atoms with Crippen molar-refractivity contribution < 1.29 is 14.6 Å². The second-order valence-electron chi connectivity index (χ2n) is 4.59. The molecule has 1 rings (SSSR count). The van der Waals surface area contributed by atoms with E-state index in [1.54, 1.807) is 25.3 Å². The maximum atomic E-state index is 11.6. The number of hydrogen-bond donors (Lipinski definition) is 2. The van der Waals surface area contributed by atoms with Crippen LogP contribution in [-0.4, -0.2) is 23.7 Å². The molecule has 94 valence electrons. The molecule has 0 bridgehead atoms. The summed E-state index contributed by atoms with van der Waals surface area (Å²) in [7, 11) is 1.59. The Kier molecular flexibility index (Phi) is 4.52. The fraction of sp³-hybridized carbons (Fsp3) is 0.462. The zero-order valence-corrected chi connectivity index (χ0v) is 10.5. The first-order valence-corrected chi connectivity index (χ1v) is 5.53. The van der Waals surface area contributed by atoms with Gasteiger partial charge in [0.1, 0.15) is 5.75 Å². The average molecular weight is 237 g/mol. The minimum absolute atomic E-state index is 0.0693. The van der Waals surface area contributed by atoms with E-state index in [0.29, 0.717) is 13.0 Å². The molecule has 17 heavy (non-hydrogen) atoms. The van der Waals surface area contributed by atoms with E-state index in [9.17, 15) is 9.90 Å². The number of carbonyl (C=O) groups excluding carboxylic acids is 1. The lowest BCUT2D eigenvalue weighted by atomic mass is 10.0. The van der Waals surface area contributed by atoms with Crippen molar-refractivity contribution in [2.75, 3.05) is 7.11 Å². The molecule has 0 aromatic heterocycles. The minimum atomic E-state index is -0.455. The topological polar surface area (TPSA) is 58.6 Å². The van der Waals surface area contributed by atoms with Crippen molar-refractivity contribution in [3.05, 3.63) is 29.8 Å². The molecule has 0 saturated heterocycles. The van der Waals surface area contributed by atoms with E-state index >= 15 is 0 Å². The first-order chi connectivity index (χ1) is 7.93. The lowest BCUT2D eigenvalue weighted by Gasteiger charge is -2.21. The third-order valence-corrected chi connectivity index (χ3v) is 2.54. The number of hydrogen-bond acceptors (Lipinski definition) is 3. The van der Waals surface area contributed by atoms with Crippen LogP contribution in [0.25, 0.3) is 0 Å². The molecule has 0 unspecified atom stereocenters. The maximum absolute atomic E-state index is 11.6. The summed E-state index contributed by atoms with van der Waals surface area (Å²) in [6, 6.07) is 6.82. The van der Waals surface area contributed by atoms with Gasteiger partial charge in [-0.25, -0.2) is 0 Å². The second-order valence-corrected chi connectivity index (χ2v) is 4.59. The zero-order valence-electron chi connectivity index (χ0n) is 10.5. The number of benzene rings is 1. The minimum Gasteiger partial charge on any atom is -0.508 e. The van der Waals surface area contributed by atoms with Crippen LogP contribution in [0.2, 0.25) is 0 Å². The number of amides is 1. The van der Waals surface area contributed by atoms with E-state index in [1.165, 1.54) is 0 Å². The third kappa shape index (κ3) is 4.87. The molecule has 0 radical (unpaired) electrons. The average Bonchev–Trinajstić information content (AvgIpc) is 2.26. The number of phenolic OH excluding ortho intramolecular Hbond substituents is 1. The van der Waals surface area contributed by atoms with Crippen molar-refractivity contribution >= 4 is 5.91 Å². The smallest absolute Gasteiger partial charge is 0.223 e. The number of nitrogens with one attached hydrogen (secondary N) is 1. The first-order valence-electron chi connectivity index (χ1n) is 5.53. The van der Waals surface area contributed by atoms with Crippen LogP contribution in [0.4, 0.5) is 0 Å². The molecule has 1 amide bonds. The second kappa shape index (κ2) is 5.68. The highest BCUT2D eigenvalue weighted by atomic mass is 16.5. The van der Waals surface area contributed by atoms with Crippen LogP contribution in [0, 0.1) is 0 Å². The van der Waals surface area contributed by atoms with Gasteiger partial charge in [-0.2, -0.15) is 0 Å². The van der Waals surface area contributed by atoms with Gasteiger partial charge in [0.15, 0.2) is 0 Å². The molecule has 0 saturated carbocycles. The molecule has 1 aromatic carbocycles. The number of ether oxygens (including phenoxy) is 1. The number of aromatic hydroxyl groups is 1. The highest BCUT2D eigenvalue weighted by Gasteiger charge is 2.20. The predicted molar refractivity (Wildman–Crippen MR) is 65.7 cm³/mol. The molecular weight excluding hydrogens is 218 g/mol. The summed E-state index contributed by atoms with van der Waals surface area (Å²) in [6.07, 6.45) is 0.308. The number of methoxy groups -OCH3 is 1. The predicted octanol–water partition coefficient (Wildman–Crippen LogP) is 1.82. The van der Waals surface area contributed by atoms with E-state index in [2.05, 4.69) is 5.32 Å². The largest absolute Gasteiger partial charge is 0.508 e. The summed E-state index contributed by atoms with van der Waals surface area (Å²) >= 11 is 0. The molecule has 1 aromatic rings. The Balaban J connectivity index is 2.44. The maximum Gasteiger partial charge on any atom is 0.223 e. The Hall–Kier alpha value is -1.55. The Bertz CT molecular complexity index is 388. The highest BCUT2D eigenvalue weighted by molar-refractivity contribution is 5.76. The quantitative estimate of drug-likeness (QED) is 0.821. The molecule has 0 heterocycles. The van der Waals surface area contributed by atoms with Crippen molar-refractivity contribution in [2.24, 2.45) is 0 Å². The van der Waals surface area contributed by atoms with Gasteiger partial charge in [0.05, 0.1) is 12.0 Å². The van der Waals surface area contributed by atoms with E-state index < -0.39 is 5.60 Å². The summed E-state index contributed by atoms with van der Waals surface area (Å²) in [5, 5.41) is 12.1. The Morgan fingerprint density at radius 3 is 2.76 bits per heavy atom. The summed E-state index contributed by atoms with van der Waals surface area (Å²) in [5.41, 5.74) is 0.414. The number of rotatable bonds is 5. The fourth-order valence-electron chi connectivity index (χ4n) is 1.39. The summed E-state index contributed by atoms with van der Waals surface area (Å²) in [6.45, 7) is 4.13. The van der Waals surface area contributed by atoms with Gasteiger partial charge in [0.2, 0.25) is 5.91 Å². The lowest BCUT2D eigenvalue weighted by Crippen LogP contribution is -2.33. The number of phenols is 1. The van der Waals surface area contributed by atoms with Gasteiger partial charge in [-0.15, -0.1) is 0 Å². The van der Waals surface area contributed by atoms with E-state index in [-0.39, 0.29) is 11.7 Å². The lowest BCUT2D eigenvalue weighted by molar-refractivity contribution is -0.126. The van der Waals surface area contributed by atoms with Gasteiger partial charge in [-0.05, 0) is 31.5 Å². The van der Waals surface area contributed by atoms with Crippen molar-refractivity contribution in [3.63, 3.8) is 0 Å². The summed E-state index contributed by atoms with van der Waals surface area (Å²) in [5.74, 6) is 0.133. The Labute approximate surface area is 102 Å². The van der Waals surface area contributed by atoms with Gasteiger partial charge < -0.3 is 15.2 Å². The molecule has 2 N–H and O–H groups in total. The van der Waals surface area contributed by atoms with E-state index in [1.807, 2.05) is 19.9 Å². The molecule has 0 fully saturated rings. The first kappa shape index (κ1) is 13.5. The molecular formula is C13H19NO3. The molecule has 0 aliphatic heterocycles. The van der Waals surface area contributed by atoms with Gasteiger partial charge in [-0.1, -0.05) is 12.1 Å². The fourth-order valence-corrected chi connectivity index (χ4v) is 1.39. The Morgan fingerprint density at radius 1 is 1.47 bits per heavy atom. The molecule has 4 nitrogen and oxygen atoms in total. The van der Waals surface area contributed by atoms with Crippen molar-refractivity contribution in [2.45, 2.75) is 32.4 Å². The van der Waals surface area contributed by atoms with Crippen LogP contribution in [0.15, 0.2) is 24.3 Å². The molecule has 4 heteroatoms. The van der Waals surface area contributed by atoms with Crippen LogP contribution in [0.3, 0.4) is 0 Å². The van der Waals surface area contributed by atoms with Crippen molar-refractivity contribution in [3.8, 4) is 5.75 Å². The zero-order chi connectivity index (χ0) is 12.9. The van der Waals surface area contributed by atoms with Crippen molar-refractivity contribution in [1.82, 2.24) is 5.32 Å². The normalized spacial score (nSPS) is 11.2. The number of carbonyl (C=O) groups is 1. The van der Waals surface area contributed by atoms with E-state index in [4.69, 9.17) is 4.74 Å². The molecule has 0 aliphatic carbocycles. The Morgan fingerprint density at radius 2 is 2.18 bits per heavy atom. The van der Waals surface area contributed by atoms with Gasteiger partial charge >= 0.3 is 0 Å². The molecule has 0 aliphatic rings. The van der Waals surface area contributed by atoms with Crippen LogP contribution < -0.4 is 5.32 Å². The SMILES string of the molecule is COC(C)(C)CC(=O)NCc1cccc(O)c1. The van der Waals surface area contributed by atoms with Crippen LogP contribution in [0.1, 0.15) is 25.8 Å². The molecule has 0 spiro atoms. The highest BCUT2D eigenvalue weighted by Crippen LogP contribution is 2.13. The van der Waals surface area contributed by atoms with Gasteiger partial charge in [0, 0.05) is 13.7 Å². The monoisotopic (exact) mass is 237 g/mol. The standard InChI is InChI=1S/C13H19NO3/c1-13(2,17-3)8-12(16)14-9-10-5-4-6-11(15)7-10/h4-7,15H,8-9H2,1-3H3,(H,14,16). The van der Waals surface area contributed by atoms with Crippen LogP contribution in [-0.2, 0) is 16.1 Å².